The van der Waals surface area contributed by atoms with E-state index < -0.39 is 0 Å². The van der Waals surface area contributed by atoms with Gasteiger partial charge < -0.3 is 15.5 Å². The molecule has 1 aliphatic rings. The zero-order valence-electron chi connectivity index (χ0n) is 12.1. The summed E-state index contributed by atoms with van der Waals surface area (Å²) in [7, 11) is 4.29. The van der Waals surface area contributed by atoms with Crippen molar-refractivity contribution in [3.63, 3.8) is 0 Å². The number of nitrogens with two attached hydrogens (primary N) is 1. The second-order valence-corrected chi connectivity index (χ2v) is 5.57. The average molecular weight is 271 g/mol. The lowest BCUT2D eigenvalue weighted by Crippen LogP contribution is -2.42. The molecule has 2 N–H and O–H groups in total. The van der Waals surface area contributed by atoms with Crippen LogP contribution in [0.5, 0.6) is 0 Å². The summed E-state index contributed by atoms with van der Waals surface area (Å²) in [6, 6.07) is 8.57. The predicted molar refractivity (Wildman–Crippen MR) is 82.9 cm³/mol. The van der Waals surface area contributed by atoms with Gasteiger partial charge in [-0.1, -0.05) is 12.1 Å². The maximum Gasteiger partial charge on any atom is 0.222 e. The van der Waals surface area contributed by atoms with Crippen molar-refractivity contribution < 1.29 is 0 Å². The first kappa shape index (κ1) is 13.1. The molecule has 0 unspecified atom stereocenters. The van der Waals surface area contributed by atoms with Crippen LogP contribution in [0.2, 0.25) is 0 Å². The number of nitrogen functional groups attached to an aromatic ring is 1. The van der Waals surface area contributed by atoms with Crippen LogP contribution >= 0.6 is 0 Å². The van der Waals surface area contributed by atoms with E-state index in [4.69, 9.17) is 5.73 Å². The number of para-hydroxylation sites is 1. The molecule has 1 fully saturated rings. The lowest BCUT2D eigenvalue weighted by atomic mass is 10.0. The number of fused-ring (bicyclic) bond motifs is 1. The van der Waals surface area contributed by atoms with E-state index in [1.165, 1.54) is 0 Å². The van der Waals surface area contributed by atoms with Gasteiger partial charge in [0, 0.05) is 18.5 Å². The second-order valence-electron chi connectivity index (χ2n) is 5.57. The van der Waals surface area contributed by atoms with Gasteiger partial charge in [0.15, 0.2) is 0 Å². The molecule has 5 heteroatoms. The molecule has 0 radical (unpaired) electrons. The standard InChI is InChI=1S/C15H21N5/c1-19-9-7-11(8-10-19)20(2)14-12-5-3-4-6-13(12)17-15(16)18-14/h3-6,11H,7-10H2,1-2H3,(H2,16,17,18). The predicted octanol–water partition coefficient (Wildman–Crippen LogP) is 1.74. The highest BCUT2D eigenvalue weighted by molar-refractivity contribution is 5.90. The SMILES string of the molecule is CN1CCC(N(C)c2nc(N)nc3ccccc23)CC1. The van der Waals surface area contributed by atoms with Crippen molar-refractivity contribution in [2.75, 3.05) is 37.8 Å². The first-order valence-electron chi connectivity index (χ1n) is 7.09. The summed E-state index contributed by atoms with van der Waals surface area (Å²) in [6.45, 7) is 2.26. The van der Waals surface area contributed by atoms with Crippen LogP contribution < -0.4 is 10.6 Å². The fraction of sp³-hybridized carbons (Fsp3) is 0.467. The minimum Gasteiger partial charge on any atom is -0.368 e. The third-order valence-corrected chi connectivity index (χ3v) is 4.17. The molecule has 20 heavy (non-hydrogen) atoms. The minimum absolute atomic E-state index is 0.346. The van der Waals surface area contributed by atoms with Crippen LogP contribution in [0, 0.1) is 0 Å². The summed E-state index contributed by atoms with van der Waals surface area (Å²) in [4.78, 5) is 13.4. The lowest BCUT2D eigenvalue weighted by Gasteiger charge is -2.36. The Morgan fingerprint density at radius 2 is 1.90 bits per heavy atom. The van der Waals surface area contributed by atoms with Crippen molar-refractivity contribution in [3.05, 3.63) is 24.3 Å². The van der Waals surface area contributed by atoms with Gasteiger partial charge in [0.25, 0.3) is 0 Å². The molecule has 0 bridgehead atoms. The number of benzene rings is 1. The number of hydrogen-bond acceptors (Lipinski definition) is 5. The number of nitrogens with zero attached hydrogens (tertiary/aromatic N) is 4. The van der Waals surface area contributed by atoms with Crippen LogP contribution in [0.1, 0.15) is 12.8 Å². The van der Waals surface area contributed by atoms with E-state index in [0.717, 1.165) is 42.7 Å². The van der Waals surface area contributed by atoms with Gasteiger partial charge in [-0.3, -0.25) is 0 Å². The zero-order chi connectivity index (χ0) is 14.1. The lowest BCUT2D eigenvalue weighted by molar-refractivity contribution is 0.252. The summed E-state index contributed by atoms with van der Waals surface area (Å²) in [5.74, 6) is 1.29. The maximum absolute atomic E-state index is 5.86. The fourth-order valence-electron chi connectivity index (χ4n) is 2.90. The van der Waals surface area contributed by atoms with Gasteiger partial charge in [-0.15, -0.1) is 0 Å². The number of aromatic nitrogens is 2. The molecule has 2 heterocycles. The van der Waals surface area contributed by atoms with E-state index in [1.807, 2.05) is 18.2 Å². The summed E-state index contributed by atoms with van der Waals surface area (Å²) in [5, 5.41) is 1.07. The molecular weight excluding hydrogens is 250 g/mol. The first-order chi connectivity index (χ1) is 9.65. The largest absolute Gasteiger partial charge is 0.368 e. The van der Waals surface area contributed by atoms with Crippen molar-refractivity contribution in [1.82, 2.24) is 14.9 Å². The van der Waals surface area contributed by atoms with E-state index in [2.05, 4.69) is 39.9 Å². The molecule has 1 aromatic heterocycles. The first-order valence-corrected chi connectivity index (χ1v) is 7.09. The molecule has 2 aromatic rings. The van der Waals surface area contributed by atoms with Crippen LogP contribution in [0.15, 0.2) is 24.3 Å². The summed E-state index contributed by atoms with van der Waals surface area (Å²) < 4.78 is 0. The number of likely N-dealkylation sites (tertiary alicyclic amines) is 1. The third kappa shape index (κ3) is 2.41. The Morgan fingerprint density at radius 3 is 2.65 bits per heavy atom. The van der Waals surface area contributed by atoms with Crippen LogP contribution in [0.4, 0.5) is 11.8 Å². The van der Waals surface area contributed by atoms with Gasteiger partial charge in [0.1, 0.15) is 5.82 Å². The van der Waals surface area contributed by atoms with Crippen LogP contribution in [-0.4, -0.2) is 48.1 Å². The zero-order valence-corrected chi connectivity index (χ0v) is 12.1. The average Bonchev–Trinajstić information content (AvgIpc) is 2.46. The highest BCUT2D eigenvalue weighted by Gasteiger charge is 2.23. The van der Waals surface area contributed by atoms with E-state index in [9.17, 15) is 0 Å². The van der Waals surface area contributed by atoms with Gasteiger partial charge in [-0.05, 0) is 45.1 Å². The quantitative estimate of drug-likeness (QED) is 0.901. The highest BCUT2D eigenvalue weighted by atomic mass is 15.2. The molecule has 106 valence electrons. The molecule has 0 atom stereocenters. The number of anilines is 2. The van der Waals surface area contributed by atoms with Crippen molar-refractivity contribution in [2.45, 2.75) is 18.9 Å². The Morgan fingerprint density at radius 1 is 1.20 bits per heavy atom. The number of piperidine rings is 1. The third-order valence-electron chi connectivity index (χ3n) is 4.17. The Labute approximate surface area is 119 Å². The summed E-state index contributed by atoms with van der Waals surface area (Å²) >= 11 is 0. The number of hydrogen-bond donors (Lipinski definition) is 1. The molecule has 1 aromatic carbocycles. The van der Waals surface area contributed by atoms with Crippen molar-refractivity contribution in [3.8, 4) is 0 Å². The highest BCUT2D eigenvalue weighted by Crippen LogP contribution is 2.27. The molecule has 1 saturated heterocycles. The monoisotopic (exact) mass is 271 g/mol. The second kappa shape index (κ2) is 5.25. The normalized spacial score (nSPS) is 17.5. The van der Waals surface area contributed by atoms with Crippen molar-refractivity contribution in [1.29, 1.82) is 0 Å². The van der Waals surface area contributed by atoms with Gasteiger partial charge in [0.05, 0.1) is 5.52 Å². The van der Waals surface area contributed by atoms with E-state index in [-0.39, 0.29) is 0 Å². The van der Waals surface area contributed by atoms with Crippen molar-refractivity contribution >= 4 is 22.7 Å². The molecule has 0 spiro atoms. The topological polar surface area (TPSA) is 58.3 Å². The number of rotatable bonds is 2. The molecule has 0 amide bonds. The molecule has 0 saturated carbocycles. The van der Waals surface area contributed by atoms with Crippen LogP contribution in [-0.2, 0) is 0 Å². The Kier molecular flexibility index (Phi) is 3.44. The molecule has 0 aliphatic carbocycles. The van der Waals surface area contributed by atoms with E-state index >= 15 is 0 Å². The Balaban J connectivity index is 1.96. The fourth-order valence-corrected chi connectivity index (χ4v) is 2.90. The summed E-state index contributed by atoms with van der Waals surface area (Å²) in [5.41, 5.74) is 6.77. The molecular formula is C15H21N5. The van der Waals surface area contributed by atoms with Gasteiger partial charge in [0.2, 0.25) is 5.95 Å². The van der Waals surface area contributed by atoms with E-state index in [0.29, 0.717) is 12.0 Å². The van der Waals surface area contributed by atoms with Gasteiger partial charge >= 0.3 is 0 Å². The van der Waals surface area contributed by atoms with Crippen molar-refractivity contribution in [2.24, 2.45) is 0 Å². The van der Waals surface area contributed by atoms with Gasteiger partial charge in [-0.2, -0.15) is 4.98 Å². The maximum atomic E-state index is 5.86. The van der Waals surface area contributed by atoms with Gasteiger partial charge in [-0.25, -0.2) is 4.98 Å². The molecule has 3 rings (SSSR count). The smallest absolute Gasteiger partial charge is 0.222 e. The molecule has 1 aliphatic heterocycles. The van der Waals surface area contributed by atoms with E-state index in [1.54, 1.807) is 0 Å². The molecule has 5 nitrogen and oxygen atoms in total. The Bertz CT molecular complexity index is 604. The van der Waals surface area contributed by atoms with Crippen LogP contribution in [0.3, 0.4) is 0 Å². The van der Waals surface area contributed by atoms with Crippen LogP contribution in [0.25, 0.3) is 10.9 Å². The summed E-state index contributed by atoms with van der Waals surface area (Å²) in [6.07, 6.45) is 2.32. The Hall–Kier alpha value is -1.88. The minimum atomic E-state index is 0.346.